The molecule has 0 saturated carbocycles. The van der Waals surface area contributed by atoms with Crippen molar-refractivity contribution in [3.63, 3.8) is 0 Å². The zero-order valence-electron chi connectivity index (χ0n) is 15.7. The van der Waals surface area contributed by atoms with Gasteiger partial charge in [-0.15, -0.1) is 0 Å². The third kappa shape index (κ3) is 5.87. The third-order valence-corrected chi connectivity index (χ3v) is 4.42. The molecule has 1 N–H and O–H groups in total. The molecule has 8 heteroatoms. The minimum absolute atomic E-state index is 0.109. The molecule has 1 unspecified atom stereocenters. The van der Waals surface area contributed by atoms with Crippen LogP contribution in [-0.2, 0) is 14.4 Å². The number of hydrogen-bond donors (Lipinski definition) is 1. The number of rotatable bonds is 8. The second-order valence-corrected chi connectivity index (χ2v) is 6.44. The van der Waals surface area contributed by atoms with Crippen molar-refractivity contribution in [1.29, 1.82) is 0 Å². The Morgan fingerprint density at radius 1 is 1.22 bits per heavy atom. The summed E-state index contributed by atoms with van der Waals surface area (Å²) in [6.45, 7) is 2.72. The summed E-state index contributed by atoms with van der Waals surface area (Å²) >= 11 is 0. The molecule has 1 aromatic rings. The van der Waals surface area contributed by atoms with Gasteiger partial charge in [-0.05, 0) is 31.9 Å². The van der Waals surface area contributed by atoms with Gasteiger partial charge in [-0.1, -0.05) is 12.1 Å². The highest BCUT2D eigenvalue weighted by Crippen LogP contribution is 2.26. The monoisotopic (exact) mass is 378 g/mol. The minimum atomic E-state index is -0.890. The van der Waals surface area contributed by atoms with E-state index >= 15 is 0 Å². The zero-order chi connectivity index (χ0) is 19.8. The largest absolute Gasteiger partial charge is 0.490 e. The maximum Gasteiger partial charge on any atom is 0.308 e. The van der Waals surface area contributed by atoms with Gasteiger partial charge in [-0.2, -0.15) is 0 Å². The van der Waals surface area contributed by atoms with E-state index in [0.717, 1.165) is 0 Å². The molecular weight excluding hydrogens is 352 g/mol. The number of aliphatic carboxylic acids is 1. The van der Waals surface area contributed by atoms with E-state index < -0.39 is 11.9 Å². The van der Waals surface area contributed by atoms with Crippen molar-refractivity contribution >= 4 is 17.8 Å². The van der Waals surface area contributed by atoms with Gasteiger partial charge in [0.05, 0.1) is 19.1 Å². The van der Waals surface area contributed by atoms with Crippen molar-refractivity contribution in [3.05, 3.63) is 24.3 Å². The smallest absolute Gasteiger partial charge is 0.308 e. The van der Waals surface area contributed by atoms with Crippen LogP contribution in [0.4, 0.5) is 0 Å². The number of carboxylic acids is 1. The topological polar surface area (TPSA) is 96.4 Å². The van der Waals surface area contributed by atoms with Gasteiger partial charge in [-0.25, -0.2) is 0 Å². The van der Waals surface area contributed by atoms with Crippen molar-refractivity contribution < 1.29 is 29.0 Å². The molecule has 0 aromatic heterocycles. The van der Waals surface area contributed by atoms with Gasteiger partial charge in [-0.3, -0.25) is 14.4 Å². The predicted molar refractivity (Wildman–Crippen MR) is 97.7 cm³/mol. The van der Waals surface area contributed by atoms with Crippen molar-refractivity contribution in [2.75, 3.05) is 39.9 Å². The van der Waals surface area contributed by atoms with E-state index in [1.54, 1.807) is 18.2 Å². The highest BCUT2D eigenvalue weighted by atomic mass is 16.5. The van der Waals surface area contributed by atoms with E-state index in [1.165, 1.54) is 16.8 Å². The van der Waals surface area contributed by atoms with E-state index in [4.69, 9.17) is 14.6 Å². The molecule has 0 bridgehead atoms. The van der Waals surface area contributed by atoms with Crippen LogP contribution in [0.3, 0.4) is 0 Å². The molecule has 8 nitrogen and oxygen atoms in total. The lowest BCUT2D eigenvalue weighted by atomic mass is 9.98. The van der Waals surface area contributed by atoms with Crippen LogP contribution in [0.1, 0.15) is 19.8 Å². The fraction of sp³-hybridized carbons (Fsp3) is 0.526. The Balaban J connectivity index is 1.85. The molecule has 2 rings (SSSR count). The molecule has 1 aromatic carbocycles. The number of carbonyl (C=O) groups excluding carboxylic acids is 2. The Hall–Kier alpha value is -2.77. The lowest BCUT2D eigenvalue weighted by molar-refractivity contribution is -0.147. The molecule has 27 heavy (non-hydrogen) atoms. The standard InChI is InChI=1S/C19H26N2O6/c1-3-26-15-8-4-5-9-16(15)27-13-18(23)20(2)12-17(22)21-10-6-7-14(11-21)19(24)25/h4-5,8-9,14H,3,6-7,10-13H2,1-2H3,(H,24,25). The van der Waals surface area contributed by atoms with Crippen LogP contribution >= 0.6 is 0 Å². The number of nitrogens with zero attached hydrogens (tertiary/aromatic N) is 2. The lowest BCUT2D eigenvalue weighted by Crippen LogP contribution is -2.47. The molecule has 1 heterocycles. The van der Waals surface area contributed by atoms with Gasteiger partial charge in [0.15, 0.2) is 18.1 Å². The first-order valence-corrected chi connectivity index (χ1v) is 9.01. The molecule has 1 aliphatic rings. The Morgan fingerprint density at radius 3 is 2.52 bits per heavy atom. The SMILES string of the molecule is CCOc1ccccc1OCC(=O)N(C)CC(=O)N1CCCC(C(=O)O)C1. The molecule has 148 valence electrons. The number of amides is 2. The van der Waals surface area contributed by atoms with Crippen molar-refractivity contribution in [3.8, 4) is 11.5 Å². The van der Waals surface area contributed by atoms with Crippen LogP contribution in [0.2, 0.25) is 0 Å². The number of likely N-dealkylation sites (N-methyl/N-ethyl adjacent to an activating group) is 1. The second-order valence-electron chi connectivity index (χ2n) is 6.44. The summed E-state index contributed by atoms with van der Waals surface area (Å²) in [6, 6.07) is 7.06. The normalized spacial score (nSPS) is 16.5. The van der Waals surface area contributed by atoms with Crippen LogP contribution in [0.25, 0.3) is 0 Å². The number of likely N-dealkylation sites (tertiary alicyclic amines) is 1. The Morgan fingerprint density at radius 2 is 1.89 bits per heavy atom. The van der Waals surface area contributed by atoms with Crippen LogP contribution < -0.4 is 9.47 Å². The molecule has 1 fully saturated rings. The summed E-state index contributed by atoms with van der Waals surface area (Å²) in [5, 5.41) is 9.12. The summed E-state index contributed by atoms with van der Waals surface area (Å²) in [5.41, 5.74) is 0. The fourth-order valence-corrected chi connectivity index (χ4v) is 2.89. The van der Waals surface area contributed by atoms with Crippen molar-refractivity contribution in [2.24, 2.45) is 5.92 Å². The first-order chi connectivity index (χ1) is 12.9. The number of benzene rings is 1. The molecule has 1 atom stereocenters. The molecular formula is C19H26N2O6. The predicted octanol–water partition coefficient (Wildman–Crippen LogP) is 1.25. The number of hydrogen-bond acceptors (Lipinski definition) is 5. The maximum absolute atomic E-state index is 12.4. The van der Waals surface area contributed by atoms with E-state index in [-0.39, 0.29) is 31.5 Å². The van der Waals surface area contributed by atoms with Crippen LogP contribution in [0.5, 0.6) is 11.5 Å². The summed E-state index contributed by atoms with van der Waals surface area (Å²) in [6.07, 6.45) is 1.22. The zero-order valence-corrected chi connectivity index (χ0v) is 15.7. The molecule has 0 radical (unpaired) electrons. The first-order valence-electron chi connectivity index (χ1n) is 9.01. The van der Waals surface area contributed by atoms with Gasteiger partial charge in [0.2, 0.25) is 5.91 Å². The van der Waals surface area contributed by atoms with E-state index in [0.29, 0.717) is 37.5 Å². The van der Waals surface area contributed by atoms with Gasteiger partial charge >= 0.3 is 5.97 Å². The Bertz CT molecular complexity index is 678. The number of para-hydroxylation sites is 2. The summed E-state index contributed by atoms with van der Waals surface area (Å²) in [7, 11) is 1.52. The molecule has 0 spiro atoms. The first kappa shape index (κ1) is 20.5. The Labute approximate surface area is 158 Å². The average molecular weight is 378 g/mol. The number of ether oxygens (including phenoxy) is 2. The van der Waals surface area contributed by atoms with Crippen LogP contribution in [-0.4, -0.2) is 72.6 Å². The number of carboxylic acid groups (broad SMARTS) is 1. The highest BCUT2D eigenvalue weighted by molar-refractivity contribution is 5.85. The molecule has 1 saturated heterocycles. The fourth-order valence-electron chi connectivity index (χ4n) is 2.89. The average Bonchev–Trinajstić information content (AvgIpc) is 2.67. The summed E-state index contributed by atoms with van der Waals surface area (Å²) in [5.74, 6) is -1.01. The second kappa shape index (κ2) is 9.80. The van der Waals surface area contributed by atoms with Gasteiger partial charge in [0, 0.05) is 20.1 Å². The number of carbonyl (C=O) groups is 3. The highest BCUT2D eigenvalue weighted by Gasteiger charge is 2.29. The van der Waals surface area contributed by atoms with Crippen molar-refractivity contribution in [2.45, 2.75) is 19.8 Å². The number of piperidine rings is 1. The molecule has 2 amide bonds. The van der Waals surface area contributed by atoms with E-state index in [2.05, 4.69) is 0 Å². The molecule has 0 aliphatic carbocycles. The van der Waals surface area contributed by atoms with Crippen LogP contribution in [0, 0.1) is 5.92 Å². The summed E-state index contributed by atoms with van der Waals surface area (Å²) in [4.78, 5) is 38.6. The third-order valence-electron chi connectivity index (χ3n) is 4.42. The quantitative estimate of drug-likeness (QED) is 0.731. The van der Waals surface area contributed by atoms with Crippen molar-refractivity contribution in [1.82, 2.24) is 9.80 Å². The van der Waals surface area contributed by atoms with Gasteiger partial charge in [0.1, 0.15) is 0 Å². The van der Waals surface area contributed by atoms with E-state index in [1.807, 2.05) is 13.0 Å². The van der Waals surface area contributed by atoms with Gasteiger partial charge < -0.3 is 24.4 Å². The molecule has 1 aliphatic heterocycles. The van der Waals surface area contributed by atoms with Crippen LogP contribution in [0.15, 0.2) is 24.3 Å². The summed E-state index contributed by atoms with van der Waals surface area (Å²) < 4.78 is 11.0. The van der Waals surface area contributed by atoms with Gasteiger partial charge in [0.25, 0.3) is 5.91 Å². The lowest BCUT2D eigenvalue weighted by Gasteiger charge is -2.32. The minimum Gasteiger partial charge on any atom is -0.490 e. The van der Waals surface area contributed by atoms with E-state index in [9.17, 15) is 14.4 Å². The Kier molecular flexibility index (Phi) is 7.45. The maximum atomic E-state index is 12.4.